The van der Waals surface area contributed by atoms with Gasteiger partial charge >= 0.3 is 0 Å². The molecule has 2 aromatic rings. The summed E-state index contributed by atoms with van der Waals surface area (Å²) in [5.74, 6) is 0.719. The maximum Gasteiger partial charge on any atom is 0.145 e. The lowest BCUT2D eigenvalue weighted by atomic mass is 10.3. The van der Waals surface area contributed by atoms with Crippen molar-refractivity contribution in [2.24, 2.45) is 0 Å². The van der Waals surface area contributed by atoms with E-state index in [0.717, 1.165) is 43.3 Å². The van der Waals surface area contributed by atoms with Crippen LogP contribution < -0.4 is 4.74 Å². The topological polar surface area (TPSA) is 59.8 Å². The van der Waals surface area contributed by atoms with Crippen LogP contribution in [0, 0.1) is 6.92 Å². The molecule has 1 aliphatic heterocycles. The van der Waals surface area contributed by atoms with Gasteiger partial charge in [0.1, 0.15) is 24.1 Å². The highest BCUT2D eigenvalue weighted by Crippen LogP contribution is 2.22. The van der Waals surface area contributed by atoms with Crippen LogP contribution in [0.25, 0.3) is 5.69 Å². The number of aryl methyl sites for hydroxylation is 1. The van der Waals surface area contributed by atoms with Crippen LogP contribution in [-0.2, 0) is 4.74 Å². The number of hydrogen-bond acceptors (Lipinski definition) is 5. The number of aliphatic hydroxyl groups is 1. The average Bonchev–Trinajstić information content (AvgIpc) is 3.00. The Morgan fingerprint density at radius 1 is 1.30 bits per heavy atom. The number of aliphatic hydroxyl groups excluding tert-OH is 1. The van der Waals surface area contributed by atoms with Crippen LogP contribution in [0.3, 0.4) is 0 Å². The van der Waals surface area contributed by atoms with Crippen molar-refractivity contribution in [2.45, 2.75) is 13.0 Å². The molecular weight excluding hydrogens is 294 g/mol. The molecule has 1 unspecified atom stereocenters. The van der Waals surface area contributed by atoms with Crippen LogP contribution in [0.4, 0.5) is 0 Å². The van der Waals surface area contributed by atoms with Gasteiger partial charge in [-0.05, 0) is 24.6 Å². The molecule has 3 rings (SSSR count). The molecule has 1 aromatic carbocycles. The summed E-state index contributed by atoms with van der Waals surface area (Å²) >= 11 is 0. The zero-order valence-electron chi connectivity index (χ0n) is 13.4. The Morgan fingerprint density at radius 2 is 2.09 bits per heavy atom. The SMILES string of the molecule is Cc1cnn(-c2ccccc2OCC(O)CN2CCOCC2)c1. The first-order chi connectivity index (χ1) is 11.2. The highest BCUT2D eigenvalue weighted by Gasteiger charge is 2.16. The maximum absolute atomic E-state index is 10.2. The molecule has 124 valence electrons. The van der Waals surface area contributed by atoms with Crippen molar-refractivity contribution < 1.29 is 14.6 Å². The largest absolute Gasteiger partial charge is 0.489 e. The standard InChI is InChI=1S/C17H23N3O3/c1-14-10-18-20(11-14)16-4-2-3-5-17(16)23-13-15(21)12-19-6-8-22-9-7-19/h2-5,10-11,15,21H,6-9,12-13H2,1H3. The van der Waals surface area contributed by atoms with Gasteiger partial charge < -0.3 is 14.6 Å². The van der Waals surface area contributed by atoms with Crippen molar-refractivity contribution in [3.63, 3.8) is 0 Å². The van der Waals surface area contributed by atoms with Gasteiger partial charge in [-0.3, -0.25) is 4.90 Å². The molecule has 1 N–H and O–H groups in total. The number of hydrogen-bond donors (Lipinski definition) is 1. The molecule has 2 heterocycles. The second-order valence-corrected chi connectivity index (χ2v) is 5.81. The molecule has 6 heteroatoms. The van der Waals surface area contributed by atoms with E-state index in [-0.39, 0.29) is 6.61 Å². The molecule has 1 aromatic heterocycles. The number of benzene rings is 1. The van der Waals surface area contributed by atoms with E-state index in [1.807, 2.05) is 43.6 Å². The normalized spacial score (nSPS) is 17.1. The first-order valence-electron chi connectivity index (χ1n) is 7.94. The minimum absolute atomic E-state index is 0.259. The predicted octanol–water partition coefficient (Wildman–Crippen LogP) is 1.25. The molecule has 1 atom stereocenters. The lowest BCUT2D eigenvalue weighted by molar-refractivity contribution is 0.00465. The van der Waals surface area contributed by atoms with E-state index >= 15 is 0 Å². The zero-order valence-corrected chi connectivity index (χ0v) is 13.4. The molecule has 0 saturated carbocycles. The van der Waals surface area contributed by atoms with Crippen molar-refractivity contribution in [1.82, 2.24) is 14.7 Å². The number of ether oxygens (including phenoxy) is 2. The molecule has 23 heavy (non-hydrogen) atoms. The first-order valence-corrected chi connectivity index (χ1v) is 7.94. The third-order valence-electron chi connectivity index (χ3n) is 3.83. The molecule has 0 bridgehead atoms. The van der Waals surface area contributed by atoms with E-state index in [9.17, 15) is 5.11 Å². The molecule has 0 spiro atoms. The van der Waals surface area contributed by atoms with Crippen molar-refractivity contribution >= 4 is 0 Å². The van der Waals surface area contributed by atoms with E-state index in [2.05, 4.69) is 10.00 Å². The Bertz CT molecular complexity index is 623. The van der Waals surface area contributed by atoms with Gasteiger partial charge in [0, 0.05) is 25.8 Å². The van der Waals surface area contributed by atoms with E-state index in [0.29, 0.717) is 6.54 Å². The summed E-state index contributed by atoms with van der Waals surface area (Å²) in [5, 5.41) is 14.5. The third-order valence-corrected chi connectivity index (χ3v) is 3.83. The number of β-amino-alcohol motifs (C(OH)–C–C–N with tert-alkyl or cyclic N) is 1. The van der Waals surface area contributed by atoms with Gasteiger partial charge in [-0.15, -0.1) is 0 Å². The van der Waals surface area contributed by atoms with E-state index in [1.54, 1.807) is 4.68 Å². The van der Waals surface area contributed by atoms with E-state index in [4.69, 9.17) is 9.47 Å². The number of aromatic nitrogens is 2. The Labute approximate surface area is 136 Å². The van der Waals surface area contributed by atoms with Crippen molar-refractivity contribution in [1.29, 1.82) is 0 Å². The fourth-order valence-electron chi connectivity index (χ4n) is 2.63. The van der Waals surface area contributed by atoms with Crippen LogP contribution in [0.2, 0.25) is 0 Å². The summed E-state index contributed by atoms with van der Waals surface area (Å²) in [5.41, 5.74) is 1.96. The second-order valence-electron chi connectivity index (χ2n) is 5.81. The summed E-state index contributed by atoms with van der Waals surface area (Å²) in [4.78, 5) is 2.19. The molecule has 1 saturated heterocycles. The number of rotatable bonds is 6. The van der Waals surface area contributed by atoms with Gasteiger partial charge in [0.25, 0.3) is 0 Å². The Hall–Kier alpha value is -1.89. The quantitative estimate of drug-likeness (QED) is 0.869. The van der Waals surface area contributed by atoms with Crippen molar-refractivity contribution in [2.75, 3.05) is 39.5 Å². The molecule has 0 amide bonds. The van der Waals surface area contributed by atoms with Gasteiger partial charge in [-0.25, -0.2) is 4.68 Å². The highest BCUT2D eigenvalue weighted by molar-refractivity contribution is 5.46. The minimum atomic E-state index is -0.527. The summed E-state index contributed by atoms with van der Waals surface area (Å²) < 4.78 is 12.9. The first kappa shape index (κ1) is 16.0. The third kappa shape index (κ3) is 4.31. The van der Waals surface area contributed by atoms with Crippen LogP contribution in [-0.4, -0.2) is 65.3 Å². The smallest absolute Gasteiger partial charge is 0.145 e. The van der Waals surface area contributed by atoms with Gasteiger partial charge in [-0.1, -0.05) is 12.1 Å². The summed E-state index contributed by atoms with van der Waals surface area (Å²) in [6, 6.07) is 7.72. The molecule has 1 fully saturated rings. The molecule has 0 radical (unpaired) electrons. The van der Waals surface area contributed by atoms with Gasteiger partial charge in [-0.2, -0.15) is 5.10 Å². The van der Waals surface area contributed by atoms with Crippen molar-refractivity contribution in [3.8, 4) is 11.4 Å². The Kier molecular flexibility index (Phi) is 5.27. The van der Waals surface area contributed by atoms with Crippen LogP contribution >= 0.6 is 0 Å². The van der Waals surface area contributed by atoms with E-state index in [1.165, 1.54) is 0 Å². The zero-order chi connectivity index (χ0) is 16.1. The Balaban J connectivity index is 1.59. The average molecular weight is 317 g/mol. The number of nitrogens with zero attached hydrogens (tertiary/aromatic N) is 3. The lowest BCUT2D eigenvalue weighted by Gasteiger charge is -2.28. The van der Waals surface area contributed by atoms with Crippen LogP contribution in [0.15, 0.2) is 36.7 Å². The monoisotopic (exact) mass is 317 g/mol. The highest BCUT2D eigenvalue weighted by atomic mass is 16.5. The maximum atomic E-state index is 10.2. The molecule has 6 nitrogen and oxygen atoms in total. The van der Waals surface area contributed by atoms with Gasteiger partial charge in [0.2, 0.25) is 0 Å². The van der Waals surface area contributed by atoms with Crippen LogP contribution in [0.1, 0.15) is 5.56 Å². The van der Waals surface area contributed by atoms with E-state index < -0.39 is 6.10 Å². The minimum Gasteiger partial charge on any atom is -0.489 e. The summed E-state index contributed by atoms with van der Waals surface area (Å²) in [6.07, 6.45) is 3.23. The number of morpholine rings is 1. The Morgan fingerprint density at radius 3 is 2.83 bits per heavy atom. The fourth-order valence-corrected chi connectivity index (χ4v) is 2.63. The van der Waals surface area contributed by atoms with Gasteiger partial charge in [0.15, 0.2) is 0 Å². The number of para-hydroxylation sites is 2. The second kappa shape index (κ2) is 7.59. The molecule has 1 aliphatic rings. The van der Waals surface area contributed by atoms with Crippen LogP contribution in [0.5, 0.6) is 5.75 Å². The molecule has 0 aliphatic carbocycles. The van der Waals surface area contributed by atoms with Crippen molar-refractivity contribution in [3.05, 3.63) is 42.2 Å². The predicted molar refractivity (Wildman–Crippen MR) is 87.1 cm³/mol. The summed E-state index contributed by atoms with van der Waals surface area (Å²) in [7, 11) is 0. The lowest BCUT2D eigenvalue weighted by Crippen LogP contribution is -2.42. The fraction of sp³-hybridized carbons (Fsp3) is 0.471. The summed E-state index contributed by atoms with van der Waals surface area (Å²) in [6.45, 7) is 6.05. The van der Waals surface area contributed by atoms with Gasteiger partial charge in [0.05, 0.1) is 19.4 Å². The molecular formula is C17H23N3O3.